The van der Waals surface area contributed by atoms with E-state index in [1.807, 2.05) is 41.8 Å². The van der Waals surface area contributed by atoms with Crippen LogP contribution in [0.1, 0.15) is 57.6 Å². The van der Waals surface area contributed by atoms with Gasteiger partial charge in [-0.15, -0.1) is 0 Å². The molecule has 3 aromatic rings. The van der Waals surface area contributed by atoms with Gasteiger partial charge in [-0.1, -0.05) is 13.8 Å². The first-order valence-corrected chi connectivity index (χ1v) is 12.4. The SMILES string of the molecule is CCOc1ccc(Nc2c(C)c(N[C@H]3CC[C@H](NCC(C)C)CC3)c(C#N)c3ccnn23)cc1. The monoisotopic (exact) mass is 460 g/mol. The molecule has 0 amide bonds. The van der Waals surface area contributed by atoms with Crippen molar-refractivity contribution in [3.05, 3.63) is 47.7 Å². The number of pyridine rings is 1. The predicted octanol–water partition coefficient (Wildman–Crippen LogP) is 5.63. The summed E-state index contributed by atoms with van der Waals surface area (Å²) >= 11 is 0. The number of hydrogen-bond donors (Lipinski definition) is 3. The van der Waals surface area contributed by atoms with E-state index >= 15 is 0 Å². The fourth-order valence-corrected chi connectivity index (χ4v) is 4.69. The maximum Gasteiger partial charge on any atom is 0.137 e. The number of fused-ring (bicyclic) bond motifs is 1. The number of nitriles is 1. The summed E-state index contributed by atoms with van der Waals surface area (Å²) in [4.78, 5) is 0. The van der Waals surface area contributed by atoms with Gasteiger partial charge in [-0.25, -0.2) is 4.52 Å². The number of hydrogen-bond acceptors (Lipinski definition) is 6. The molecule has 0 spiro atoms. The van der Waals surface area contributed by atoms with E-state index in [0.717, 1.165) is 66.3 Å². The minimum Gasteiger partial charge on any atom is -0.494 e. The Hall–Kier alpha value is -3.24. The van der Waals surface area contributed by atoms with Crippen LogP contribution in [-0.2, 0) is 0 Å². The van der Waals surface area contributed by atoms with Crippen molar-refractivity contribution in [2.75, 3.05) is 23.8 Å². The molecule has 0 bridgehead atoms. The molecule has 0 atom stereocenters. The van der Waals surface area contributed by atoms with Crippen molar-refractivity contribution in [3.8, 4) is 11.8 Å². The van der Waals surface area contributed by atoms with E-state index in [0.29, 0.717) is 30.2 Å². The van der Waals surface area contributed by atoms with Crippen LogP contribution in [-0.4, -0.2) is 34.8 Å². The molecule has 7 nitrogen and oxygen atoms in total. The number of rotatable bonds is 9. The molecule has 1 saturated carbocycles. The Bertz CT molecular complexity index is 1140. The van der Waals surface area contributed by atoms with Crippen molar-refractivity contribution in [1.29, 1.82) is 5.26 Å². The number of benzene rings is 1. The van der Waals surface area contributed by atoms with Gasteiger partial charge in [-0.3, -0.25) is 0 Å². The third-order valence-corrected chi connectivity index (χ3v) is 6.52. The Kier molecular flexibility index (Phi) is 7.59. The van der Waals surface area contributed by atoms with Crippen molar-refractivity contribution in [1.82, 2.24) is 14.9 Å². The lowest BCUT2D eigenvalue weighted by Crippen LogP contribution is -2.38. The highest BCUT2D eigenvalue weighted by atomic mass is 16.5. The first-order chi connectivity index (χ1) is 16.5. The highest BCUT2D eigenvalue weighted by Gasteiger charge is 2.24. The second kappa shape index (κ2) is 10.8. The van der Waals surface area contributed by atoms with Crippen molar-refractivity contribution < 1.29 is 4.74 Å². The molecule has 2 heterocycles. The maximum absolute atomic E-state index is 10.0. The van der Waals surface area contributed by atoms with E-state index in [2.05, 4.69) is 47.9 Å². The summed E-state index contributed by atoms with van der Waals surface area (Å²) in [5.74, 6) is 2.37. The van der Waals surface area contributed by atoms with Crippen LogP contribution in [0.4, 0.5) is 17.2 Å². The molecule has 2 aromatic heterocycles. The van der Waals surface area contributed by atoms with E-state index in [4.69, 9.17) is 4.74 Å². The number of aromatic nitrogens is 2. The van der Waals surface area contributed by atoms with Gasteiger partial charge < -0.3 is 20.7 Å². The predicted molar refractivity (Wildman–Crippen MR) is 138 cm³/mol. The average Bonchev–Trinajstić information content (AvgIpc) is 3.32. The summed E-state index contributed by atoms with van der Waals surface area (Å²) in [6, 6.07) is 13.2. The van der Waals surface area contributed by atoms with Crippen LogP contribution in [0.25, 0.3) is 5.52 Å². The Morgan fingerprint density at radius 3 is 2.47 bits per heavy atom. The van der Waals surface area contributed by atoms with E-state index in [1.54, 1.807) is 6.20 Å². The molecule has 0 unspecified atom stereocenters. The standard InChI is InChI=1S/C27H36N6O/c1-5-34-23-12-10-22(11-13-23)32-27-19(4)26(24(16-28)25-14-15-30-33(25)27)31-21-8-6-20(7-9-21)29-17-18(2)3/h10-15,18,20-21,29,31-32H,5-9,17H2,1-4H3/t20-,21-. The number of ether oxygens (including phenoxy) is 1. The molecule has 4 rings (SSSR count). The lowest BCUT2D eigenvalue weighted by molar-refractivity contribution is 0.340. The fourth-order valence-electron chi connectivity index (χ4n) is 4.69. The molecule has 3 N–H and O–H groups in total. The molecule has 0 aliphatic heterocycles. The summed E-state index contributed by atoms with van der Waals surface area (Å²) in [7, 11) is 0. The van der Waals surface area contributed by atoms with Crippen LogP contribution in [0, 0.1) is 24.2 Å². The van der Waals surface area contributed by atoms with Crippen LogP contribution in [0.3, 0.4) is 0 Å². The second-order valence-electron chi connectivity index (χ2n) is 9.54. The van der Waals surface area contributed by atoms with Crippen molar-refractivity contribution in [2.24, 2.45) is 5.92 Å². The summed E-state index contributed by atoms with van der Waals surface area (Å²) in [6.07, 6.45) is 6.22. The number of nitrogens with zero attached hydrogens (tertiary/aromatic N) is 3. The molecular weight excluding hydrogens is 424 g/mol. The largest absolute Gasteiger partial charge is 0.494 e. The van der Waals surface area contributed by atoms with Gasteiger partial charge in [0.2, 0.25) is 0 Å². The van der Waals surface area contributed by atoms with E-state index in [9.17, 15) is 5.26 Å². The third-order valence-electron chi connectivity index (χ3n) is 6.52. The van der Waals surface area contributed by atoms with Crippen LogP contribution in [0.15, 0.2) is 36.5 Å². The lowest BCUT2D eigenvalue weighted by Gasteiger charge is -2.32. The first-order valence-electron chi connectivity index (χ1n) is 12.4. The Balaban J connectivity index is 1.57. The Labute approximate surface area is 202 Å². The minimum atomic E-state index is 0.353. The zero-order valence-electron chi connectivity index (χ0n) is 20.7. The van der Waals surface area contributed by atoms with Gasteiger partial charge in [0.25, 0.3) is 0 Å². The van der Waals surface area contributed by atoms with Gasteiger partial charge in [-0.05, 0) is 82.3 Å². The van der Waals surface area contributed by atoms with Crippen molar-refractivity contribution in [2.45, 2.75) is 65.5 Å². The first kappa shape index (κ1) is 23.9. The van der Waals surface area contributed by atoms with Crippen LogP contribution in [0.5, 0.6) is 5.75 Å². The highest BCUT2D eigenvalue weighted by molar-refractivity contribution is 5.82. The normalized spacial score (nSPS) is 18.1. The summed E-state index contributed by atoms with van der Waals surface area (Å²) in [5.41, 5.74) is 4.28. The second-order valence-corrected chi connectivity index (χ2v) is 9.54. The summed E-state index contributed by atoms with van der Waals surface area (Å²) < 4.78 is 7.39. The minimum absolute atomic E-state index is 0.353. The summed E-state index contributed by atoms with van der Waals surface area (Å²) in [6.45, 7) is 10.2. The van der Waals surface area contributed by atoms with E-state index in [1.165, 1.54) is 0 Å². The zero-order valence-corrected chi connectivity index (χ0v) is 20.7. The topological polar surface area (TPSA) is 86.4 Å². The number of anilines is 3. The van der Waals surface area contributed by atoms with Crippen LogP contribution >= 0.6 is 0 Å². The third kappa shape index (κ3) is 5.28. The van der Waals surface area contributed by atoms with Crippen molar-refractivity contribution in [3.63, 3.8) is 0 Å². The Morgan fingerprint density at radius 2 is 1.82 bits per heavy atom. The Morgan fingerprint density at radius 1 is 1.12 bits per heavy atom. The molecule has 34 heavy (non-hydrogen) atoms. The van der Waals surface area contributed by atoms with Gasteiger partial charge in [0.15, 0.2) is 0 Å². The van der Waals surface area contributed by atoms with E-state index in [-0.39, 0.29) is 0 Å². The van der Waals surface area contributed by atoms with Gasteiger partial charge in [0.05, 0.1) is 24.0 Å². The molecule has 7 heteroatoms. The molecule has 1 aliphatic carbocycles. The molecule has 1 fully saturated rings. The molecular formula is C27H36N6O. The van der Waals surface area contributed by atoms with Gasteiger partial charge in [0, 0.05) is 23.3 Å². The molecule has 0 saturated heterocycles. The fraction of sp³-hybridized carbons (Fsp3) is 0.481. The van der Waals surface area contributed by atoms with E-state index < -0.39 is 0 Å². The molecule has 180 valence electrons. The quantitative estimate of drug-likeness (QED) is 0.384. The highest BCUT2D eigenvalue weighted by Crippen LogP contribution is 2.35. The summed E-state index contributed by atoms with van der Waals surface area (Å²) in [5, 5.41) is 25.5. The zero-order chi connectivity index (χ0) is 24.1. The molecule has 0 radical (unpaired) electrons. The average molecular weight is 461 g/mol. The van der Waals surface area contributed by atoms with Crippen LogP contribution in [0.2, 0.25) is 0 Å². The smallest absolute Gasteiger partial charge is 0.137 e. The van der Waals surface area contributed by atoms with Crippen molar-refractivity contribution >= 4 is 22.7 Å². The van der Waals surface area contributed by atoms with Gasteiger partial charge in [0.1, 0.15) is 23.2 Å². The van der Waals surface area contributed by atoms with Crippen LogP contribution < -0.4 is 20.7 Å². The van der Waals surface area contributed by atoms with Gasteiger partial charge in [-0.2, -0.15) is 10.4 Å². The number of nitrogens with one attached hydrogen (secondary N) is 3. The van der Waals surface area contributed by atoms with Gasteiger partial charge >= 0.3 is 0 Å². The molecule has 1 aromatic carbocycles. The maximum atomic E-state index is 10.0. The lowest BCUT2D eigenvalue weighted by atomic mass is 9.90. The molecule has 1 aliphatic rings.